The van der Waals surface area contributed by atoms with Crippen LogP contribution in [0.25, 0.3) is 0 Å². The standard InChI is InChI=1S/C15H15ClFNO3S/c1-9-7-15(10(2)6-14(9)21-3)22(19,20)18-11-4-5-13(17)12(16)8-11/h4-8,18H,1-3H3. The van der Waals surface area contributed by atoms with Crippen molar-refractivity contribution >= 4 is 27.3 Å². The maximum Gasteiger partial charge on any atom is 0.262 e. The molecule has 0 saturated carbocycles. The lowest BCUT2D eigenvalue weighted by molar-refractivity contribution is 0.411. The van der Waals surface area contributed by atoms with Gasteiger partial charge in [-0.15, -0.1) is 0 Å². The van der Waals surface area contributed by atoms with Crippen LogP contribution in [0.5, 0.6) is 5.75 Å². The minimum Gasteiger partial charge on any atom is -0.496 e. The molecule has 0 spiro atoms. The number of hydrogen-bond donors (Lipinski definition) is 1. The molecule has 22 heavy (non-hydrogen) atoms. The van der Waals surface area contributed by atoms with Crippen LogP contribution in [0.4, 0.5) is 10.1 Å². The van der Waals surface area contributed by atoms with Crippen LogP contribution >= 0.6 is 11.6 Å². The van der Waals surface area contributed by atoms with Crippen molar-refractivity contribution in [3.8, 4) is 5.75 Å². The normalized spacial score (nSPS) is 11.3. The number of sulfonamides is 1. The van der Waals surface area contributed by atoms with Gasteiger partial charge >= 0.3 is 0 Å². The molecule has 0 aromatic heterocycles. The van der Waals surface area contributed by atoms with Crippen molar-refractivity contribution in [2.75, 3.05) is 11.8 Å². The maximum absolute atomic E-state index is 13.1. The topological polar surface area (TPSA) is 55.4 Å². The summed E-state index contributed by atoms with van der Waals surface area (Å²) in [6.45, 7) is 3.43. The zero-order chi connectivity index (χ0) is 16.5. The first-order chi connectivity index (χ1) is 10.2. The number of benzene rings is 2. The number of halogens is 2. The number of aryl methyl sites for hydroxylation is 2. The van der Waals surface area contributed by atoms with Crippen LogP contribution in [0.1, 0.15) is 11.1 Å². The average Bonchev–Trinajstić information content (AvgIpc) is 2.44. The van der Waals surface area contributed by atoms with Gasteiger partial charge in [-0.25, -0.2) is 12.8 Å². The lowest BCUT2D eigenvalue weighted by Gasteiger charge is -2.13. The van der Waals surface area contributed by atoms with E-state index in [1.807, 2.05) is 0 Å². The Kier molecular flexibility index (Phi) is 4.63. The van der Waals surface area contributed by atoms with E-state index in [4.69, 9.17) is 16.3 Å². The molecular formula is C15H15ClFNO3S. The van der Waals surface area contributed by atoms with Gasteiger partial charge in [0.2, 0.25) is 0 Å². The van der Waals surface area contributed by atoms with Gasteiger partial charge in [0.1, 0.15) is 11.6 Å². The minimum atomic E-state index is -3.81. The Morgan fingerprint density at radius 2 is 1.82 bits per heavy atom. The highest BCUT2D eigenvalue weighted by Crippen LogP contribution is 2.28. The molecule has 0 aliphatic heterocycles. The van der Waals surface area contributed by atoms with E-state index in [2.05, 4.69) is 4.72 Å². The van der Waals surface area contributed by atoms with Gasteiger partial charge in [0.25, 0.3) is 10.0 Å². The summed E-state index contributed by atoms with van der Waals surface area (Å²) in [4.78, 5) is 0.131. The number of hydrogen-bond acceptors (Lipinski definition) is 3. The van der Waals surface area contributed by atoms with Gasteiger partial charge in [-0.2, -0.15) is 0 Å². The average molecular weight is 344 g/mol. The molecule has 2 rings (SSSR count). The smallest absolute Gasteiger partial charge is 0.262 e. The molecule has 0 aliphatic carbocycles. The molecule has 0 aliphatic rings. The van der Waals surface area contributed by atoms with Crippen LogP contribution in [-0.4, -0.2) is 15.5 Å². The molecule has 0 atom stereocenters. The molecular weight excluding hydrogens is 329 g/mol. The summed E-state index contributed by atoms with van der Waals surface area (Å²) < 4.78 is 45.7. The maximum atomic E-state index is 13.1. The summed E-state index contributed by atoms with van der Waals surface area (Å²) >= 11 is 5.66. The van der Waals surface area contributed by atoms with Crippen LogP contribution in [0.15, 0.2) is 35.2 Å². The summed E-state index contributed by atoms with van der Waals surface area (Å²) in [7, 11) is -2.29. The van der Waals surface area contributed by atoms with E-state index in [0.717, 1.165) is 6.07 Å². The molecule has 4 nitrogen and oxygen atoms in total. The first kappa shape index (κ1) is 16.6. The van der Waals surface area contributed by atoms with Crippen LogP contribution in [0, 0.1) is 19.7 Å². The van der Waals surface area contributed by atoms with E-state index in [-0.39, 0.29) is 15.6 Å². The van der Waals surface area contributed by atoms with Crippen molar-refractivity contribution in [2.24, 2.45) is 0 Å². The Balaban J connectivity index is 2.42. The van der Waals surface area contributed by atoms with E-state index in [1.165, 1.54) is 25.3 Å². The number of methoxy groups -OCH3 is 1. The fourth-order valence-electron chi connectivity index (χ4n) is 2.04. The molecule has 0 bridgehead atoms. The highest BCUT2D eigenvalue weighted by Gasteiger charge is 2.19. The highest BCUT2D eigenvalue weighted by atomic mass is 35.5. The summed E-state index contributed by atoms with van der Waals surface area (Å²) in [5, 5.41) is -0.150. The van der Waals surface area contributed by atoms with Gasteiger partial charge in [-0.1, -0.05) is 11.6 Å². The Labute approximate surface area is 133 Å². The molecule has 0 amide bonds. The number of nitrogens with one attached hydrogen (secondary N) is 1. The molecule has 118 valence electrons. The Morgan fingerprint density at radius 1 is 1.14 bits per heavy atom. The second-order valence-electron chi connectivity index (χ2n) is 4.82. The molecule has 7 heteroatoms. The van der Waals surface area contributed by atoms with Crippen molar-refractivity contribution in [1.29, 1.82) is 0 Å². The monoisotopic (exact) mass is 343 g/mol. The van der Waals surface area contributed by atoms with Crippen LogP contribution in [0.3, 0.4) is 0 Å². The number of rotatable bonds is 4. The van der Waals surface area contributed by atoms with Crippen LogP contribution in [0.2, 0.25) is 5.02 Å². The molecule has 0 saturated heterocycles. The van der Waals surface area contributed by atoms with Gasteiger partial charge in [-0.3, -0.25) is 4.72 Å². The van der Waals surface area contributed by atoms with E-state index < -0.39 is 15.8 Å². The zero-order valence-corrected chi connectivity index (χ0v) is 13.8. The van der Waals surface area contributed by atoms with Crippen molar-refractivity contribution in [2.45, 2.75) is 18.7 Å². The van der Waals surface area contributed by atoms with Crippen LogP contribution in [-0.2, 0) is 10.0 Å². The summed E-state index contributed by atoms with van der Waals surface area (Å²) in [5.74, 6) is 0.00219. The van der Waals surface area contributed by atoms with Crippen molar-refractivity contribution in [3.05, 3.63) is 52.3 Å². The first-order valence-electron chi connectivity index (χ1n) is 6.37. The summed E-state index contributed by atoms with van der Waals surface area (Å²) in [6, 6.07) is 6.82. The van der Waals surface area contributed by atoms with Crippen molar-refractivity contribution in [3.63, 3.8) is 0 Å². The number of ether oxygens (including phenoxy) is 1. The third-order valence-electron chi connectivity index (χ3n) is 3.15. The van der Waals surface area contributed by atoms with E-state index >= 15 is 0 Å². The molecule has 0 unspecified atom stereocenters. The number of anilines is 1. The molecule has 2 aromatic carbocycles. The van der Waals surface area contributed by atoms with Gasteiger partial charge in [-0.05, 0) is 55.3 Å². The van der Waals surface area contributed by atoms with Gasteiger partial charge in [0.15, 0.2) is 0 Å². The predicted molar refractivity (Wildman–Crippen MR) is 84.7 cm³/mol. The third-order valence-corrected chi connectivity index (χ3v) is 4.97. The minimum absolute atomic E-state index is 0.131. The second kappa shape index (κ2) is 6.14. The summed E-state index contributed by atoms with van der Waals surface area (Å²) in [5.41, 5.74) is 1.44. The molecule has 0 heterocycles. The Morgan fingerprint density at radius 3 is 2.41 bits per heavy atom. The van der Waals surface area contributed by atoms with E-state index in [0.29, 0.717) is 16.9 Å². The summed E-state index contributed by atoms with van der Waals surface area (Å²) in [6.07, 6.45) is 0. The van der Waals surface area contributed by atoms with Crippen molar-refractivity contribution < 1.29 is 17.5 Å². The van der Waals surface area contributed by atoms with E-state index in [9.17, 15) is 12.8 Å². The molecule has 1 N–H and O–H groups in total. The van der Waals surface area contributed by atoms with Crippen LogP contribution < -0.4 is 9.46 Å². The Hall–Kier alpha value is -1.79. The first-order valence-corrected chi connectivity index (χ1v) is 8.24. The molecule has 2 aromatic rings. The van der Waals surface area contributed by atoms with Gasteiger partial charge < -0.3 is 4.74 Å². The third kappa shape index (κ3) is 3.34. The molecule has 0 radical (unpaired) electrons. The lowest BCUT2D eigenvalue weighted by Crippen LogP contribution is -2.14. The predicted octanol–water partition coefficient (Wildman–Crippen LogP) is 3.91. The lowest BCUT2D eigenvalue weighted by atomic mass is 10.1. The van der Waals surface area contributed by atoms with Crippen molar-refractivity contribution in [1.82, 2.24) is 0 Å². The van der Waals surface area contributed by atoms with Gasteiger partial charge in [0, 0.05) is 0 Å². The largest absolute Gasteiger partial charge is 0.496 e. The zero-order valence-electron chi connectivity index (χ0n) is 12.3. The van der Waals surface area contributed by atoms with E-state index in [1.54, 1.807) is 19.9 Å². The van der Waals surface area contributed by atoms with Gasteiger partial charge in [0.05, 0.1) is 22.7 Å². The molecule has 0 fully saturated rings. The fraction of sp³-hybridized carbons (Fsp3) is 0.200. The SMILES string of the molecule is COc1cc(C)c(S(=O)(=O)Nc2ccc(F)c(Cl)c2)cc1C. The highest BCUT2D eigenvalue weighted by molar-refractivity contribution is 7.92. The quantitative estimate of drug-likeness (QED) is 0.915. The fourth-order valence-corrected chi connectivity index (χ4v) is 3.58. The Bertz CT molecular complexity index is 822. The second-order valence-corrected chi connectivity index (χ2v) is 6.88.